The molecule has 0 unspecified atom stereocenters. The summed E-state index contributed by atoms with van der Waals surface area (Å²) >= 11 is 1.50. The van der Waals surface area contributed by atoms with Gasteiger partial charge in [-0.1, -0.05) is 48.0 Å². The van der Waals surface area contributed by atoms with Crippen LogP contribution >= 0.6 is 11.3 Å². The van der Waals surface area contributed by atoms with Gasteiger partial charge in [0.15, 0.2) is 5.78 Å². The summed E-state index contributed by atoms with van der Waals surface area (Å²) in [6, 6.07) is 14.0. The Morgan fingerprint density at radius 2 is 1.68 bits per heavy atom. The van der Waals surface area contributed by atoms with Crippen LogP contribution in [0.2, 0.25) is 0 Å². The van der Waals surface area contributed by atoms with E-state index in [2.05, 4.69) is 4.98 Å². The molecule has 0 spiro atoms. The maximum absolute atomic E-state index is 12.7. The number of ketones is 1. The van der Waals surface area contributed by atoms with Gasteiger partial charge in [0.05, 0.1) is 16.3 Å². The van der Waals surface area contributed by atoms with Gasteiger partial charge in [-0.05, 0) is 19.9 Å². The molecule has 0 amide bonds. The standard InChI is InChI=1S/C20H17NO3S/c1-13-7-9-15(10-8-13)19(22)17-5-3-4-6-18(17)20(23)24-11-16-12-25-14(2)21-16/h3-10,12H,11H2,1-2H3. The van der Waals surface area contributed by atoms with Gasteiger partial charge in [-0.2, -0.15) is 0 Å². The molecule has 2 aromatic carbocycles. The first-order valence-corrected chi connectivity index (χ1v) is 8.71. The number of hydrogen-bond acceptors (Lipinski definition) is 5. The molecule has 4 nitrogen and oxygen atoms in total. The fourth-order valence-electron chi connectivity index (χ4n) is 2.41. The minimum atomic E-state index is -0.526. The van der Waals surface area contributed by atoms with Crippen molar-refractivity contribution < 1.29 is 14.3 Å². The zero-order valence-corrected chi connectivity index (χ0v) is 14.8. The van der Waals surface area contributed by atoms with Crippen molar-refractivity contribution in [2.24, 2.45) is 0 Å². The number of esters is 1. The van der Waals surface area contributed by atoms with Gasteiger partial charge in [-0.15, -0.1) is 11.3 Å². The molecule has 3 rings (SSSR count). The average Bonchev–Trinajstić information content (AvgIpc) is 3.05. The van der Waals surface area contributed by atoms with Gasteiger partial charge in [0.1, 0.15) is 6.61 Å². The summed E-state index contributed by atoms with van der Waals surface area (Å²) in [6.07, 6.45) is 0. The van der Waals surface area contributed by atoms with Gasteiger partial charge in [-0.3, -0.25) is 4.79 Å². The van der Waals surface area contributed by atoms with Crippen LogP contribution in [0.1, 0.15) is 42.5 Å². The van der Waals surface area contributed by atoms with Crippen molar-refractivity contribution in [2.45, 2.75) is 20.5 Å². The summed E-state index contributed by atoms with van der Waals surface area (Å²) in [5.74, 6) is -0.723. The molecule has 5 heteroatoms. The van der Waals surface area contributed by atoms with E-state index >= 15 is 0 Å². The lowest BCUT2D eigenvalue weighted by Crippen LogP contribution is -2.12. The summed E-state index contributed by atoms with van der Waals surface area (Å²) in [6.45, 7) is 3.95. The Bertz CT molecular complexity index is 913. The van der Waals surface area contributed by atoms with Gasteiger partial charge in [-0.25, -0.2) is 9.78 Å². The predicted molar refractivity (Wildman–Crippen MR) is 97.0 cm³/mol. The van der Waals surface area contributed by atoms with Crippen molar-refractivity contribution in [1.82, 2.24) is 4.98 Å². The fourth-order valence-corrected chi connectivity index (χ4v) is 3.01. The van der Waals surface area contributed by atoms with Crippen LogP contribution in [0.5, 0.6) is 0 Å². The van der Waals surface area contributed by atoms with Crippen LogP contribution in [0.3, 0.4) is 0 Å². The number of hydrogen-bond donors (Lipinski definition) is 0. The molecule has 25 heavy (non-hydrogen) atoms. The first-order chi connectivity index (χ1) is 12.0. The number of aryl methyl sites for hydroxylation is 2. The van der Waals surface area contributed by atoms with E-state index in [1.54, 1.807) is 36.4 Å². The highest BCUT2D eigenvalue weighted by Gasteiger charge is 2.19. The zero-order valence-electron chi connectivity index (χ0n) is 14.0. The van der Waals surface area contributed by atoms with Crippen molar-refractivity contribution in [2.75, 3.05) is 0 Å². The highest BCUT2D eigenvalue weighted by molar-refractivity contribution is 7.09. The molecule has 0 saturated heterocycles. The Kier molecular flexibility index (Phi) is 5.05. The van der Waals surface area contributed by atoms with Crippen molar-refractivity contribution in [3.63, 3.8) is 0 Å². The summed E-state index contributed by atoms with van der Waals surface area (Å²) in [4.78, 5) is 29.4. The van der Waals surface area contributed by atoms with Gasteiger partial charge in [0.2, 0.25) is 0 Å². The zero-order chi connectivity index (χ0) is 17.8. The van der Waals surface area contributed by atoms with Crippen molar-refractivity contribution in [3.05, 3.63) is 86.9 Å². The van der Waals surface area contributed by atoms with Crippen molar-refractivity contribution >= 4 is 23.1 Å². The lowest BCUT2D eigenvalue weighted by molar-refractivity contribution is 0.0465. The topological polar surface area (TPSA) is 56.3 Å². The van der Waals surface area contributed by atoms with Gasteiger partial charge in [0, 0.05) is 16.5 Å². The minimum Gasteiger partial charge on any atom is -0.456 e. The maximum atomic E-state index is 12.7. The predicted octanol–water partition coefficient (Wildman–Crippen LogP) is 4.35. The molecule has 1 aromatic heterocycles. The van der Waals surface area contributed by atoms with E-state index in [0.29, 0.717) is 16.8 Å². The average molecular weight is 351 g/mol. The SMILES string of the molecule is Cc1ccc(C(=O)c2ccccc2C(=O)OCc2csc(C)n2)cc1. The Balaban J connectivity index is 1.81. The first-order valence-electron chi connectivity index (χ1n) is 7.83. The van der Waals surface area contributed by atoms with E-state index in [9.17, 15) is 9.59 Å². The molecular weight excluding hydrogens is 334 g/mol. The third-order valence-electron chi connectivity index (χ3n) is 3.72. The summed E-state index contributed by atoms with van der Waals surface area (Å²) in [7, 11) is 0. The summed E-state index contributed by atoms with van der Waals surface area (Å²) in [5.41, 5.74) is 2.92. The first kappa shape index (κ1) is 17.0. The van der Waals surface area contributed by atoms with Crippen molar-refractivity contribution in [3.8, 4) is 0 Å². The van der Waals surface area contributed by atoms with Crippen molar-refractivity contribution in [1.29, 1.82) is 0 Å². The number of carbonyl (C=O) groups is 2. The van der Waals surface area contributed by atoms with Crippen LogP contribution < -0.4 is 0 Å². The van der Waals surface area contributed by atoms with Crippen LogP contribution in [0.25, 0.3) is 0 Å². The highest BCUT2D eigenvalue weighted by Crippen LogP contribution is 2.17. The molecule has 0 fully saturated rings. The molecule has 0 aliphatic heterocycles. The number of carbonyl (C=O) groups excluding carboxylic acids is 2. The fraction of sp³-hybridized carbons (Fsp3) is 0.150. The smallest absolute Gasteiger partial charge is 0.339 e. The van der Waals surface area contributed by atoms with Crippen LogP contribution in [0.4, 0.5) is 0 Å². The second kappa shape index (κ2) is 7.40. The molecule has 0 radical (unpaired) electrons. The number of aromatic nitrogens is 1. The quantitative estimate of drug-likeness (QED) is 0.507. The number of benzene rings is 2. The summed E-state index contributed by atoms with van der Waals surface area (Å²) < 4.78 is 5.33. The Labute approximate surface area is 150 Å². The second-order valence-corrected chi connectivity index (χ2v) is 6.74. The normalized spacial score (nSPS) is 10.5. The largest absolute Gasteiger partial charge is 0.456 e. The lowest BCUT2D eigenvalue weighted by atomic mass is 9.98. The maximum Gasteiger partial charge on any atom is 0.339 e. The highest BCUT2D eigenvalue weighted by atomic mass is 32.1. The Hall–Kier alpha value is -2.79. The molecule has 126 valence electrons. The molecule has 0 N–H and O–H groups in total. The third-order valence-corrected chi connectivity index (χ3v) is 4.55. The van der Waals surface area contributed by atoms with Gasteiger partial charge < -0.3 is 4.74 Å². The van der Waals surface area contributed by atoms with E-state index in [4.69, 9.17) is 4.74 Å². The molecule has 0 atom stereocenters. The molecule has 0 bridgehead atoms. The number of ether oxygens (including phenoxy) is 1. The lowest BCUT2D eigenvalue weighted by Gasteiger charge is -2.09. The molecule has 1 heterocycles. The number of thiazole rings is 1. The van der Waals surface area contributed by atoms with E-state index in [1.165, 1.54) is 11.3 Å². The third kappa shape index (κ3) is 4.00. The van der Waals surface area contributed by atoms with E-state index in [0.717, 1.165) is 10.6 Å². The van der Waals surface area contributed by atoms with Crippen LogP contribution in [-0.2, 0) is 11.3 Å². The monoisotopic (exact) mass is 351 g/mol. The van der Waals surface area contributed by atoms with E-state index in [-0.39, 0.29) is 18.0 Å². The van der Waals surface area contributed by atoms with Crippen LogP contribution in [0.15, 0.2) is 53.9 Å². The number of rotatable bonds is 5. The Morgan fingerprint density at radius 1 is 1.00 bits per heavy atom. The number of nitrogens with zero attached hydrogens (tertiary/aromatic N) is 1. The molecule has 0 saturated carbocycles. The van der Waals surface area contributed by atoms with Crippen LogP contribution in [-0.4, -0.2) is 16.7 Å². The molecule has 0 aliphatic rings. The van der Waals surface area contributed by atoms with Gasteiger partial charge in [0.25, 0.3) is 0 Å². The van der Waals surface area contributed by atoms with E-state index in [1.807, 2.05) is 31.4 Å². The second-order valence-electron chi connectivity index (χ2n) is 5.67. The Morgan fingerprint density at radius 3 is 2.32 bits per heavy atom. The molecule has 3 aromatic rings. The molecule has 0 aliphatic carbocycles. The molecular formula is C20H17NO3S. The van der Waals surface area contributed by atoms with Crippen LogP contribution in [0, 0.1) is 13.8 Å². The summed E-state index contributed by atoms with van der Waals surface area (Å²) in [5, 5.41) is 2.77. The minimum absolute atomic E-state index is 0.0935. The van der Waals surface area contributed by atoms with E-state index < -0.39 is 5.97 Å². The van der Waals surface area contributed by atoms with Gasteiger partial charge >= 0.3 is 5.97 Å².